The van der Waals surface area contributed by atoms with Gasteiger partial charge >= 0.3 is 0 Å². The maximum Gasteiger partial charge on any atom is 0.0720 e. The first-order valence-electron chi connectivity index (χ1n) is 17.7. The molecule has 0 saturated heterocycles. The lowest BCUT2D eigenvalue weighted by molar-refractivity contribution is 1.17. The lowest BCUT2D eigenvalue weighted by Gasteiger charge is -2.18. The highest BCUT2D eigenvalue weighted by molar-refractivity contribution is 7.27. The summed E-state index contributed by atoms with van der Waals surface area (Å²) < 4.78 is 10.4. The maximum atomic E-state index is 2.53. The first-order valence-corrected chi connectivity index (χ1v) is 19.3. The largest absolute Gasteiger partial charge is 0.307 e. The van der Waals surface area contributed by atoms with Gasteiger partial charge in [0.25, 0.3) is 0 Å². The van der Waals surface area contributed by atoms with E-state index >= 15 is 0 Å². The Balaban J connectivity index is 1.20. The molecular formula is C48H28N2S2. The van der Waals surface area contributed by atoms with E-state index in [2.05, 4.69) is 179 Å². The van der Waals surface area contributed by atoms with Gasteiger partial charge in [-0.2, -0.15) is 0 Å². The lowest BCUT2D eigenvalue weighted by Crippen LogP contribution is -2.01. The number of nitrogens with zero attached hydrogens (tertiary/aromatic N) is 2. The van der Waals surface area contributed by atoms with Crippen LogP contribution in [0.2, 0.25) is 0 Å². The molecule has 0 amide bonds. The summed E-state index contributed by atoms with van der Waals surface area (Å²) in [5.74, 6) is 0. The van der Waals surface area contributed by atoms with Crippen molar-refractivity contribution < 1.29 is 0 Å². The van der Waals surface area contributed by atoms with Crippen LogP contribution < -0.4 is 0 Å². The minimum atomic E-state index is 1.18. The van der Waals surface area contributed by atoms with Crippen molar-refractivity contribution in [1.82, 2.24) is 9.13 Å². The van der Waals surface area contributed by atoms with Crippen LogP contribution in [0.5, 0.6) is 0 Å². The molecule has 0 bridgehead atoms. The highest BCUT2D eigenvalue weighted by Gasteiger charge is 2.23. The zero-order valence-electron chi connectivity index (χ0n) is 27.9. The SMILES string of the molecule is c1ccc(-n2c3ccccc3c3ccc4c5ccccc5sc4c32)c(-c2ccccc2-n2c3ccccc3c3ccc4c5ccccc5sc4c32)c1. The Morgan fingerprint density at radius 1 is 0.288 bits per heavy atom. The molecule has 52 heavy (non-hydrogen) atoms. The number of hydrogen-bond acceptors (Lipinski definition) is 2. The van der Waals surface area contributed by atoms with Crippen LogP contribution in [0.15, 0.2) is 170 Å². The molecule has 0 radical (unpaired) electrons. The summed E-state index contributed by atoms with van der Waals surface area (Å²) in [6, 6.07) is 62.7. The van der Waals surface area contributed by atoms with Gasteiger partial charge in [0.05, 0.1) is 42.8 Å². The Morgan fingerprint density at radius 3 is 1.13 bits per heavy atom. The third-order valence-corrected chi connectivity index (χ3v) is 13.3. The monoisotopic (exact) mass is 696 g/mol. The molecule has 0 spiro atoms. The number of aromatic nitrogens is 2. The standard InChI is InChI=1S/C48H28N2S2/c1-7-19-39(49-41-21-9-3-15-31(41)35-25-27-37-33-17-5-11-23-43(33)51-47(37)45(35)49)29(13-1)30-14-2-8-20-40(30)50-42-22-10-4-16-32(42)36-26-28-38-34-18-6-12-24-44(34)52-48(38)46(36)50/h1-28H. The summed E-state index contributed by atoms with van der Waals surface area (Å²) in [7, 11) is 0. The van der Waals surface area contributed by atoms with Crippen LogP contribution in [-0.2, 0) is 0 Å². The zero-order chi connectivity index (χ0) is 33.9. The van der Waals surface area contributed by atoms with Crippen molar-refractivity contribution in [2.45, 2.75) is 0 Å². The molecule has 4 heteroatoms. The predicted octanol–water partition coefficient (Wildman–Crippen LogP) is 14.3. The second-order valence-corrected chi connectivity index (χ2v) is 15.7. The van der Waals surface area contributed by atoms with E-state index in [9.17, 15) is 0 Å². The van der Waals surface area contributed by atoms with E-state index < -0.39 is 0 Å². The second kappa shape index (κ2) is 10.7. The molecule has 0 aliphatic carbocycles. The van der Waals surface area contributed by atoms with Gasteiger partial charge in [-0.05, 0) is 36.4 Å². The van der Waals surface area contributed by atoms with E-state index in [1.165, 1.54) is 106 Å². The molecule has 12 aromatic rings. The maximum absolute atomic E-state index is 2.53. The van der Waals surface area contributed by atoms with Gasteiger partial charge in [-0.25, -0.2) is 0 Å². The smallest absolute Gasteiger partial charge is 0.0720 e. The summed E-state index contributed by atoms with van der Waals surface area (Å²) >= 11 is 3.80. The molecule has 12 rings (SSSR count). The van der Waals surface area contributed by atoms with Crippen molar-refractivity contribution in [1.29, 1.82) is 0 Å². The van der Waals surface area contributed by atoms with Crippen molar-refractivity contribution in [3.8, 4) is 22.5 Å². The summed E-state index contributed by atoms with van der Waals surface area (Å²) in [6.07, 6.45) is 0. The van der Waals surface area contributed by atoms with E-state index in [0.717, 1.165) is 0 Å². The van der Waals surface area contributed by atoms with E-state index in [1.54, 1.807) is 0 Å². The average molecular weight is 697 g/mol. The number of rotatable bonds is 3. The van der Waals surface area contributed by atoms with E-state index in [1.807, 2.05) is 22.7 Å². The molecule has 0 saturated carbocycles. The van der Waals surface area contributed by atoms with Crippen LogP contribution in [0.3, 0.4) is 0 Å². The molecule has 0 N–H and O–H groups in total. The fraction of sp³-hybridized carbons (Fsp3) is 0. The van der Waals surface area contributed by atoms with Crippen LogP contribution in [0, 0.1) is 0 Å². The molecule has 4 heterocycles. The molecule has 0 aliphatic heterocycles. The van der Waals surface area contributed by atoms with Crippen molar-refractivity contribution >= 4 is 107 Å². The highest BCUT2D eigenvalue weighted by atomic mass is 32.1. The van der Waals surface area contributed by atoms with Gasteiger partial charge in [-0.1, -0.05) is 133 Å². The van der Waals surface area contributed by atoms with Crippen LogP contribution >= 0.6 is 22.7 Å². The van der Waals surface area contributed by atoms with Gasteiger partial charge in [0, 0.05) is 63.6 Å². The third-order valence-electron chi connectivity index (χ3n) is 10.9. The Bertz CT molecular complexity index is 3190. The Kier molecular flexibility index (Phi) is 5.84. The van der Waals surface area contributed by atoms with E-state index in [-0.39, 0.29) is 0 Å². The fourth-order valence-corrected chi connectivity index (χ4v) is 11.2. The van der Waals surface area contributed by atoms with Gasteiger partial charge in [-0.3, -0.25) is 0 Å². The van der Waals surface area contributed by atoms with Crippen molar-refractivity contribution in [2.24, 2.45) is 0 Å². The Labute approximate surface area is 306 Å². The predicted molar refractivity (Wildman–Crippen MR) is 226 cm³/mol. The second-order valence-electron chi connectivity index (χ2n) is 13.6. The molecule has 242 valence electrons. The lowest BCUT2D eigenvalue weighted by atomic mass is 10.0. The summed E-state index contributed by atoms with van der Waals surface area (Å²) in [4.78, 5) is 0. The molecule has 0 atom stereocenters. The fourth-order valence-electron chi connectivity index (χ4n) is 8.75. The normalized spacial score (nSPS) is 12.2. The first kappa shape index (κ1) is 28.5. The molecule has 0 fully saturated rings. The van der Waals surface area contributed by atoms with E-state index in [0.29, 0.717) is 0 Å². The van der Waals surface area contributed by atoms with Crippen molar-refractivity contribution in [3.05, 3.63) is 170 Å². The van der Waals surface area contributed by atoms with Gasteiger partial charge in [0.1, 0.15) is 0 Å². The van der Waals surface area contributed by atoms with Gasteiger partial charge < -0.3 is 9.13 Å². The number of fused-ring (bicyclic) bond motifs is 14. The molecule has 0 unspecified atom stereocenters. The third kappa shape index (κ3) is 3.77. The van der Waals surface area contributed by atoms with E-state index in [4.69, 9.17) is 0 Å². The minimum Gasteiger partial charge on any atom is -0.307 e. The number of hydrogen-bond donors (Lipinski definition) is 0. The molecule has 2 nitrogen and oxygen atoms in total. The van der Waals surface area contributed by atoms with Crippen molar-refractivity contribution in [3.63, 3.8) is 0 Å². The first-order chi connectivity index (χ1) is 25.8. The molecule has 0 aliphatic rings. The van der Waals surface area contributed by atoms with Crippen molar-refractivity contribution in [2.75, 3.05) is 0 Å². The topological polar surface area (TPSA) is 9.86 Å². The average Bonchev–Trinajstić information content (AvgIpc) is 3.95. The van der Waals surface area contributed by atoms with Gasteiger partial charge in [0.15, 0.2) is 0 Å². The Hall–Kier alpha value is -6.20. The van der Waals surface area contributed by atoms with Gasteiger partial charge in [-0.15, -0.1) is 22.7 Å². The number of para-hydroxylation sites is 4. The Morgan fingerprint density at radius 2 is 0.654 bits per heavy atom. The summed E-state index contributed by atoms with van der Waals surface area (Å²) in [5.41, 5.74) is 9.74. The molecule has 8 aromatic carbocycles. The van der Waals surface area contributed by atoms with Crippen LogP contribution in [-0.4, -0.2) is 9.13 Å². The summed E-state index contributed by atoms with van der Waals surface area (Å²) in [5, 5.41) is 10.4. The van der Waals surface area contributed by atoms with Crippen LogP contribution in [0.25, 0.3) is 106 Å². The zero-order valence-corrected chi connectivity index (χ0v) is 29.5. The van der Waals surface area contributed by atoms with Gasteiger partial charge in [0.2, 0.25) is 0 Å². The van der Waals surface area contributed by atoms with Crippen LogP contribution in [0.4, 0.5) is 0 Å². The molecule has 4 aromatic heterocycles. The highest BCUT2D eigenvalue weighted by Crippen LogP contribution is 2.47. The molecular weight excluding hydrogens is 669 g/mol. The quantitative estimate of drug-likeness (QED) is 0.174. The summed E-state index contributed by atoms with van der Waals surface area (Å²) in [6.45, 7) is 0. The number of thiophene rings is 2. The number of benzene rings is 8. The minimum absolute atomic E-state index is 1.18. The van der Waals surface area contributed by atoms with Crippen LogP contribution in [0.1, 0.15) is 0 Å².